The van der Waals surface area contributed by atoms with Crippen molar-refractivity contribution in [3.8, 4) is 0 Å². The van der Waals surface area contributed by atoms with Crippen molar-refractivity contribution in [2.45, 2.75) is 36.7 Å². The zero-order valence-corrected chi connectivity index (χ0v) is 8.47. The van der Waals surface area contributed by atoms with Gasteiger partial charge in [-0.2, -0.15) is 11.8 Å². The molecule has 0 saturated carbocycles. The Morgan fingerprint density at radius 2 is 2.15 bits per heavy atom. The van der Waals surface area contributed by atoms with Crippen LogP contribution in [-0.2, 0) is 9.59 Å². The molecule has 2 heterocycles. The Labute approximate surface area is 81.9 Å². The SMILES string of the molecule is CC(=O)N1CC2CCC(CC1=O)S2. The van der Waals surface area contributed by atoms with Gasteiger partial charge in [0.15, 0.2) is 0 Å². The van der Waals surface area contributed by atoms with Gasteiger partial charge in [-0.05, 0) is 12.8 Å². The quantitative estimate of drug-likeness (QED) is 0.584. The molecule has 3 nitrogen and oxygen atoms in total. The van der Waals surface area contributed by atoms with Gasteiger partial charge in [0.2, 0.25) is 11.8 Å². The summed E-state index contributed by atoms with van der Waals surface area (Å²) >= 11 is 1.88. The van der Waals surface area contributed by atoms with Crippen molar-refractivity contribution in [3.05, 3.63) is 0 Å². The second kappa shape index (κ2) is 3.33. The monoisotopic (exact) mass is 199 g/mol. The van der Waals surface area contributed by atoms with Gasteiger partial charge in [0.05, 0.1) is 0 Å². The van der Waals surface area contributed by atoms with Crippen LogP contribution in [0.2, 0.25) is 0 Å². The van der Waals surface area contributed by atoms with Crippen molar-refractivity contribution in [2.24, 2.45) is 0 Å². The van der Waals surface area contributed by atoms with Crippen LogP contribution in [0.3, 0.4) is 0 Å². The van der Waals surface area contributed by atoms with E-state index in [0.29, 0.717) is 23.5 Å². The highest BCUT2D eigenvalue weighted by Crippen LogP contribution is 2.38. The number of carbonyl (C=O) groups excluding carboxylic acids is 2. The third-order valence-electron chi connectivity index (χ3n) is 2.67. The maximum atomic E-state index is 11.5. The summed E-state index contributed by atoms with van der Waals surface area (Å²) in [6.45, 7) is 2.11. The smallest absolute Gasteiger partial charge is 0.230 e. The number of likely N-dealkylation sites (tertiary alicyclic amines) is 1. The first-order chi connectivity index (χ1) is 6.16. The summed E-state index contributed by atoms with van der Waals surface area (Å²) in [5.74, 6) is -0.0784. The number of hydrogen-bond acceptors (Lipinski definition) is 3. The van der Waals surface area contributed by atoms with E-state index < -0.39 is 0 Å². The molecule has 0 radical (unpaired) electrons. The van der Waals surface area contributed by atoms with E-state index in [9.17, 15) is 9.59 Å². The van der Waals surface area contributed by atoms with Gasteiger partial charge in [0.1, 0.15) is 0 Å². The molecule has 4 heteroatoms. The van der Waals surface area contributed by atoms with Gasteiger partial charge < -0.3 is 0 Å². The van der Waals surface area contributed by atoms with Crippen LogP contribution in [-0.4, -0.2) is 33.8 Å². The van der Waals surface area contributed by atoms with Crippen LogP contribution in [0.5, 0.6) is 0 Å². The van der Waals surface area contributed by atoms with Crippen molar-refractivity contribution < 1.29 is 9.59 Å². The van der Waals surface area contributed by atoms with Gasteiger partial charge in [0, 0.05) is 30.4 Å². The maximum absolute atomic E-state index is 11.5. The highest BCUT2D eigenvalue weighted by molar-refractivity contribution is 8.00. The summed E-state index contributed by atoms with van der Waals surface area (Å²) in [6.07, 6.45) is 2.86. The second-order valence-electron chi connectivity index (χ2n) is 3.68. The average Bonchev–Trinajstić information content (AvgIpc) is 2.38. The molecule has 2 aliphatic rings. The normalized spacial score (nSPS) is 33.3. The molecule has 13 heavy (non-hydrogen) atoms. The lowest BCUT2D eigenvalue weighted by Crippen LogP contribution is -2.39. The van der Waals surface area contributed by atoms with Crippen molar-refractivity contribution in [2.75, 3.05) is 6.54 Å². The van der Waals surface area contributed by atoms with Gasteiger partial charge >= 0.3 is 0 Å². The first-order valence-corrected chi connectivity index (χ1v) is 5.57. The number of amides is 2. The number of carbonyl (C=O) groups is 2. The number of fused-ring (bicyclic) bond motifs is 2. The molecule has 2 aliphatic heterocycles. The number of hydrogen-bond donors (Lipinski definition) is 0. The van der Waals surface area contributed by atoms with E-state index in [1.54, 1.807) is 0 Å². The summed E-state index contributed by atoms with van der Waals surface area (Å²) < 4.78 is 0. The highest BCUT2D eigenvalue weighted by atomic mass is 32.2. The number of imide groups is 1. The second-order valence-corrected chi connectivity index (χ2v) is 5.29. The molecule has 2 bridgehead atoms. The van der Waals surface area contributed by atoms with Gasteiger partial charge in [-0.1, -0.05) is 0 Å². The Hall–Kier alpha value is -0.510. The molecule has 2 rings (SSSR count). The molecule has 2 atom stereocenters. The molecule has 0 spiro atoms. The van der Waals surface area contributed by atoms with Crippen LogP contribution in [0.4, 0.5) is 0 Å². The van der Waals surface area contributed by atoms with E-state index in [1.165, 1.54) is 11.8 Å². The fourth-order valence-corrected chi connectivity index (χ4v) is 3.54. The Morgan fingerprint density at radius 3 is 2.85 bits per heavy atom. The van der Waals surface area contributed by atoms with E-state index >= 15 is 0 Å². The molecule has 2 saturated heterocycles. The third kappa shape index (κ3) is 1.73. The molecule has 2 amide bonds. The van der Waals surface area contributed by atoms with Crippen LogP contribution in [0.25, 0.3) is 0 Å². The van der Waals surface area contributed by atoms with E-state index in [1.807, 2.05) is 11.8 Å². The van der Waals surface area contributed by atoms with E-state index in [4.69, 9.17) is 0 Å². The largest absolute Gasteiger partial charge is 0.282 e. The standard InChI is InChI=1S/C9H13NO2S/c1-6(11)10-5-8-3-2-7(13-8)4-9(10)12/h7-8H,2-5H2,1H3. The van der Waals surface area contributed by atoms with Crippen LogP contribution in [0.15, 0.2) is 0 Å². The zero-order valence-electron chi connectivity index (χ0n) is 7.66. The van der Waals surface area contributed by atoms with Gasteiger partial charge in [0.25, 0.3) is 0 Å². The third-order valence-corrected chi connectivity index (χ3v) is 4.22. The van der Waals surface area contributed by atoms with Crippen molar-refractivity contribution in [1.29, 1.82) is 0 Å². The molecule has 72 valence electrons. The summed E-state index contributed by atoms with van der Waals surface area (Å²) in [6, 6.07) is 0. The first kappa shape index (κ1) is 9.06. The predicted molar refractivity (Wildman–Crippen MR) is 51.4 cm³/mol. The topological polar surface area (TPSA) is 37.4 Å². The van der Waals surface area contributed by atoms with Crippen LogP contribution in [0, 0.1) is 0 Å². The first-order valence-electron chi connectivity index (χ1n) is 4.63. The molecular formula is C9H13NO2S. The lowest BCUT2D eigenvalue weighted by molar-refractivity contribution is -0.143. The van der Waals surface area contributed by atoms with Gasteiger partial charge in [-0.15, -0.1) is 0 Å². The summed E-state index contributed by atoms with van der Waals surface area (Å²) in [5.41, 5.74) is 0. The number of nitrogens with zero attached hydrogens (tertiary/aromatic N) is 1. The Morgan fingerprint density at radius 1 is 1.46 bits per heavy atom. The predicted octanol–water partition coefficient (Wildman–Crippen LogP) is 1.03. The fourth-order valence-electron chi connectivity index (χ4n) is 1.98. The summed E-state index contributed by atoms with van der Waals surface area (Å²) in [4.78, 5) is 24.1. The van der Waals surface area contributed by atoms with Crippen molar-refractivity contribution >= 4 is 23.6 Å². The molecule has 0 aromatic heterocycles. The van der Waals surface area contributed by atoms with Crippen LogP contribution in [0.1, 0.15) is 26.2 Å². The molecule has 0 aromatic rings. The number of thioether (sulfide) groups is 1. The minimum absolute atomic E-state index is 0.0206. The minimum Gasteiger partial charge on any atom is -0.282 e. The van der Waals surface area contributed by atoms with E-state index in [0.717, 1.165) is 12.8 Å². The van der Waals surface area contributed by atoms with E-state index in [-0.39, 0.29) is 11.8 Å². The fraction of sp³-hybridized carbons (Fsp3) is 0.778. The summed E-state index contributed by atoms with van der Waals surface area (Å²) in [7, 11) is 0. The molecular weight excluding hydrogens is 186 g/mol. The van der Waals surface area contributed by atoms with Crippen molar-refractivity contribution in [3.63, 3.8) is 0 Å². The molecule has 0 aliphatic carbocycles. The lowest BCUT2D eigenvalue weighted by Gasteiger charge is -2.20. The highest BCUT2D eigenvalue weighted by Gasteiger charge is 2.35. The zero-order chi connectivity index (χ0) is 9.42. The molecule has 2 fully saturated rings. The molecule has 0 N–H and O–H groups in total. The van der Waals surface area contributed by atoms with Crippen LogP contribution < -0.4 is 0 Å². The van der Waals surface area contributed by atoms with Gasteiger partial charge in [-0.25, -0.2) is 0 Å². The average molecular weight is 199 g/mol. The Balaban J connectivity index is 2.13. The minimum atomic E-state index is -0.0989. The Kier molecular flexibility index (Phi) is 2.32. The lowest BCUT2D eigenvalue weighted by atomic mass is 10.1. The Bertz CT molecular complexity index is 254. The van der Waals surface area contributed by atoms with E-state index in [2.05, 4.69) is 0 Å². The van der Waals surface area contributed by atoms with Crippen molar-refractivity contribution in [1.82, 2.24) is 4.90 Å². The van der Waals surface area contributed by atoms with Gasteiger partial charge in [-0.3, -0.25) is 14.5 Å². The van der Waals surface area contributed by atoms with Crippen LogP contribution >= 0.6 is 11.8 Å². The summed E-state index contributed by atoms with van der Waals surface area (Å²) in [5, 5.41) is 0.974. The molecule has 2 unspecified atom stereocenters. The maximum Gasteiger partial charge on any atom is 0.230 e. The molecule has 0 aromatic carbocycles. The number of rotatable bonds is 0.